The van der Waals surface area contributed by atoms with Crippen LogP contribution in [0.15, 0.2) is 30.3 Å². The molecule has 0 spiro atoms. The number of hydrogen-bond donors (Lipinski definition) is 1. The maximum atomic E-state index is 3.54. The van der Waals surface area contributed by atoms with E-state index in [0.717, 1.165) is 13.1 Å². The van der Waals surface area contributed by atoms with Crippen molar-refractivity contribution in [3.05, 3.63) is 35.9 Å². The fraction of sp³-hybridized carbons (Fsp3) is 0.667. The normalized spacial score (nSPS) is 20.1. The average molecular weight is 274 g/mol. The van der Waals surface area contributed by atoms with Gasteiger partial charge in [0, 0.05) is 25.7 Å². The van der Waals surface area contributed by atoms with Crippen molar-refractivity contribution in [2.24, 2.45) is 0 Å². The van der Waals surface area contributed by atoms with E-state index in [1.165, 1.54) is 57.2 Å². The van der Waals surface area contributed by atoms with Crippen LogP contribution in [0.1, 0.15) is 57.1 Å². The zero-order chi connectivity index (χ0) is 14.0. The number of nitrogens with one attached hydrogen (secondary N) is 1. The lowest BCUT2D eigenvalue weighted by Gasteiger charge is -2.36. The Morgan fingerprint density at radius 3 is 2.60 bits per heavy atom. The Labute approximate surface area is 124 Å². The van der Waals surface area contributed by atoms with Gasteiger partial charge in [0.1, 0.15) is 0 Å². The van der Waals surface area contributed by atoms with E-state index >= 15 is 0 Å². The van der Waals surface area contributed by atoms with E-state index in [0.29, 0.717) is 6.04 Å². The van der Waals surface area contributed by atoms with Crippen LogP contribution in [-0.4, -0.2) is 31.1 Å². The molecule has 1 heterocycles. The van der Waals surface area contributed by atoms with Crippen molar-refractivity contribution in [1.29, 1.82) is 0 Å². The molecule has 1 saturated heterocycles. The molecule has 1 atom stereocenters. The second-order valence-electron chi connectivity index (χ2n) is 5.93. The molecule has 0 aliphatic carbocycles. The van der Waals surface area contributed by atoms with Gasteiger partial charge >= 0.3 is 0 Å². The molecule has 1 fully saturated rings. The van der Waals surface area contributed by atoms with Crippen molar-refractivity contribution in [2.45, 2.75) is 51.5 Å². The molecule has 0 amide bonds. The van der Waals surface area contributed by atoms with Crippen molar-refractivity contribution >= 4 is 0 Å². The standard InChI is InChI=1S/C18H30N2/c1-2-3-4-5-6-10-14-20-15-13-19-16-18(20)17-11-8-7-9-12-17/h7-9,11-12,18-19H,2-6,10,13-16H2,1H3. The predicted molar refractivity (Wildman–Crippen MR) is 87.0 cm³/mol. The van der Waals surface area contributed by atoms with E-state index in [9.17, 15) is 0 Å². The maximum absolute atomic E-state index is 3.54. The molecular formula is C18H30N2. The number of unbranched alkanes of at least 4 members (excludes halogenated alkanes) is 5. The van der Waals surface area contributed by atoms with E-state index in [-0.39, 0.29) is 0 Å². The topological polar surface area (TPSA) is 15.3 Å². The summed E-state index contributed by atoms with van der Waals surface area (Å²) in [5.41, 5.74) is 1.46. The fourth-order valence-electron chi connectivity index (χ4n) is 3.11. The van der Waals surface area contributed by atoms with Gasteiger partial charge in [-0.1, -0.05) is 69.4 Å². The lowest BCUT2D eigenvalue weighted by molar-refractivity contribution is 0.159. The van der Waals surface area contributed by atoms with Gasteiger partial charge in [0.25, 0.3) is 0 Å². The third kappa shape index (κ3) is 4.92. The highest BCUT2D eigenvalue weighted by atomic mass is 15.2. The van der Waals surface area contributed by atoms with Gasteiger partial charge in [-0.15, -0.1) is 0 Å². The maximum Gasteiger partial charge on any atom is 0.0473 e. The first-order chi connectivity index (χ1) is 9.92. The summed E-state index contributed by atoms with van der Waals surface area (Å²) in [6, 6.07) is 11.5. The number of hydrogen-bond acceptors (Lipinski definition) is 2. The summed E-state index contributed by atoms with van der Waals surface area (Å²) in [5.74, 6) is 0. The SMILES string of the molecule is CCCCCCCCN1CCNCC1c1ccccc1. The summed E-state index contributed by atoms with van der Waals surface area (Å²) < 4.78 is 0. The van der Waals surface area contributed by atoms with Gasteiger partial charge in [0.15, 0.2) is 0 Å². The Balaban J connectivity index is 1.76. The molecule has 0 radical (unpaired) electrons. The van der Waals surface area contributed by atoms with E-state index < -0.39 is 0 Å². The molecule has 1 aromatic carbocycles. The highest BCUT2D eigenvalue weighted by Crippen LogP contribution is 2.22. The Kier molecular flexibility index (Phi) is 7.10. The van der Waals surface area contributed by atoms with Crippen LogP contribution in [0.5, 0.6) is 0 Å². The summed E-state index contributed by atoms with van der Waals surface area (Å²) in [7, 11) is 0. The minimum Gasteiger partial charge on any atom is -0.314 e. The van der Waals surface area contributed by atoms with Crippen molar-refractivity contribution in [3.8, 4) is 0 Å². The lowest BCUT2D eigenvalue weighted by Crippen LogP contribution is -2.46. The van der Waals surface area contributed by atoms with Crippen LogP contribution in [0, 0.1) is 0 Å². The molecule has 2 nitrogen and oxygen atoms in total. The van der Waals surface area contributed by atoms with E-state index in [2.05, 4.69) is 47.5 Å². The molecule has 112 valence electrons. The minimum absolute atomic E-state index is 0.570. The van der Waals surface area contributed by atoms with Crippen molar-refractivity contribution < 1.29 is 0 Å². The Morgan fingerprint density at radius 1 is 1.05 bits per heavy atom. The molecule has 2 rings (SSSR count). The van der Waals surface area contributed by atoms with Gasteiger partial charge in [-0.25, -0.2) is 0 Å². The molecule has 0 bridgehead atoms. The summed E-state index contributed by atoms with van der Waals surface area (Å²) in [6.07, 6.45) is 8.32. The van der Waals surface area contributed by atoms with Crippen LogP contribution >= 0.6 is 0 Å². The molecule has 1 aliphatic heterocycles. The lowest BCUT2D eigenvalue weighted by atomic mass is 10.0. The number of nitrogens with zero attached hydrogens (tertiary/aromatic N) is 1. The second-order valence-corrected chi connectivity index (χ2v) is 5.93. The molecular weight excluding hydrogens is 244 g/mol. The van der Waals surface area contributed by atoms with Crippen molar-refractivity contribution in [1.82, 2.24) is 10.2 Å². The molecule has 1 N–H and O–H groups in total. The smallest absolute Gasteiger partial charge is 0.0473 e. The van der Waals surface area contributed by atoms with Crippen LogP contribution in [-0.2, 0) is 0 Å². The Morgan fingerprint density at radius 2 is 1.80 bits per heavy atom. The number of rotatable bonds is 8. The minimum atomic E-state index is 0.570. The van der Waals surface area contributed by atoms with Crippen LogP contribution in [0.4, 0.5) is 0 Å². The first-order valence-corrected chi connectivity index (χ1v) is 8.41. The van der Waals surface area contributed by atoms with Gasteiger partial charge in [0.2, 0.25) is 0 Å². The van der Waals surface area contributed by atoms with Crippen LogP contribution in [0.25, 0.3) is 0 Å². The van der Waals surface area contributed by atoms with Gasteiger partial charge < -0.3 is 5.32 Å². The molecule has 0 aromatic heterocycles. The van der Waals surface area contributed by atoms with Crippen LogP contribution in [0.2, 0.25) is 0 Å². The zero-order valence-electron chi connectivity index (χ0n) is 13.0. The highest BCUT2D eigenvalue weighted by molar-refractivity contribution is 5.20. The van der Waals surface area contributed by atoms with E-state index in [4.69, 9.17) is 0 Å². The van der Waals surface area contributed by atoms with E-state index in [1.807, 2.05) is 0 Å². The van der Waals surface area contributed by atoms with Gasteiger partial charge in [0.05, 0.1) is 0 Å². The molecule has 1 aliphatic rings. The quantitative estimate of drug-likeness (QED) is 0.721. The summed E-state index contributed by atoms with van der Waals surface area (Å²) >= 11 is 0. The van der Waals surface area contributed by atoms with E-state index in [1.54, 1.807) is 0 Å². The Hall–Kier alpha value is -0.860. The average Bonchev–Trinajstić information content (AvgIpc) is 2.52. The predicted octanol–water partition coefficient (Wildman–Crippen LogP) is 3.99. The summed E-state index contributed by atoms with van der Waals surface area (Å²) in [6.45, 7) is 6.96. The van der Waals surface area contributed by atoms with Crippen molar-refractivity contribution in [2.75, 3.05) is 26.2 Å². The van der Waals surface area contributed by atoms with Crippen molar-refractivity contribution in [3.63, 3.8) is 0 Å². The number of benzene rings is 1. The second kappa shape index (κ2) is 9.15. The third-order valence-corrected chi connectivity index (χ3v) is 4.34. The number of piperazine rings is 1. The molecule has 0 saturated carbocycles. The largest absolute Gasteiger partial charge is 0.314 e. The molecule has 20 heavy (non-hydrogen) atoms. The monoisotopic (exact) mass is 274 g/mol. The summed E-state index contributed by atoms with van der Waals surface area (Å²) in [5, 5.41) is 3.54. The summed E-state index contributed by atoms with van der Waals surface area (Å²) in [4.78, 5) is 2.67. The molecule has 1 unspecified atom stereocenters. The van der Waals surface area contributed by atoms with Crippen LogP contribution in [0.3, 0.4) is 0 Å². The van der Waals surface area contributed by atoms with Crippen LogP contribution < -0.4 is 5.32 Å². The van der Waals surface area contributed by atoms with Gasteiger partial charge in [-0.05, 0) is 18.5 Å². The first kappa shape index (κ1) is 15.5. The highest BCUT2D eigenvalue weighted by Gasteiger charge is 2.22. The fourth-order valence-corrected chi connectivity index (χ4v) is 3.11. The van der Waals surface area contributed by atoms with Gasteiger partial charge in [-0.2, -0.15) is 0 Å². The molecule has 1 aromatic rings. The Bertz CT molecular complexity index is 350. The third-order valence-electron chi connectivity index (χ3n) is 4.34. The first-order valence-electron chi connectivity index (χ1n) is 8.41. The zero-order valence-corrected chi connectivity index (χ0v) is 13.0. The molecule has 2 heteroatoms. The van der Waals surface area contributed by atoms with Gasteiger partial charge in [-0.3, -0.25) is 4.90 Å².